The SMILES string of the molecule is Cc1c[nH]nc1-c1[c]nccc1. The largest absolute Gasteiger partial charge is 0.285 e. The van der Waals surface area contributed by atoms with Crippen molar-refractivity contribution in [3.63, 3.8) is 0 Å². The van der Waals surface area contributed by atoms with Crippen LogP contribution in [0.25, 0.3) is 11.3 Å². The third-order valence-electron chi connectivity index (χ3n) is 1.69. The van der Waals surface area contributed by atoms with Crippen LogP contribution in [-0.2, 0) is 0 Å². The van der Waals surface area contributed by atoms with E-state index >= 15 is 0 Å². The molecule has 0 saturated carbocycles. The second-order valence-corrected chi connectivity index (χ2v) is 2.58. The molecule has 3 nitrogen and oxygen atoms in total. The number of hydrogen-bond donors (Lipinski definition) is 1. The highest BCUT2D eigenvalue weighted by Gasteiger charge is 2.03. The van der Waals surface area contributed by atoms with Crippen LogP contribution >= 0.6 is 0 Å². The summed E-state index contributed by atoms with van der Waals surface area (Å²) in [6, 6.07) is 3.82. The molecule has 0 spiro atoms. The minimum absolute atomic E-state index is 0.920. The summed E-state index contributed by atoms with van der Waals surface area (Å²) in [4.78, 5) is 3.90. The Labute approximate surface area is 70.5 Å². The maximum atomic E-state index is 4.09. The summed E-state index contributed by atoms with van der Waals surface area (Å²) >= 11 is 0. The Morgan fingerprint density at radius 2 is 2.42 bits per heavy atom. The lowest BCUT2D eigenvalue weighted by molar-refractivity contribution is 1.09. The van der Waals surface area contributed by atoms with Gasteiger partial charge in [-0.2, -0.15) is 5.10 Å². The summed E-state index contributed by atoms with van der Waals surface area (Å²) in [5, 5.41) is 6.89. The summed E-state index contributed by atoms with van der Waals surface area (Å²) in [6.07, 6.45) is 6.44. The lowest BCUT2D eigenvalue weighted by Gasteiger charge is -1.94. The van der Waals surface area contributed by atoms with E-state index in [1.807, 2.05) is 25.3 Å². The van der Waals surface area contributed by atoms with Gasteiger partial charge in [0.25, 0.3) is 0 Å². The van der Waals surface area contributed by atoms with Crippen LogP contribution in [0.5, 0.6) is 0 Å². The van der Waals surface area contributed by atoms with Crippen molar-refractivity contribution >= 4 is 0 Å². The molecule has 12 heavy (non-hydrogen) atoms. The first-order valence-electron chi connectivity index (χ1n) is 3.71. The van der Waals surface area contributed by atoms with Gasteiger partial charge >= 0.3 is 0 Å². The Balaban J connectivity index is 2.51. The molecule has 1 N–H and O–H groups in total. The number of aromatic nitrogens is 3. The van der Waals surface area contributed by atoms with Crippen molar-refractivity contribution in [2.45, 2.75) is 6.92 Å². The fourth-order valence-corrected chi connectivity index (χ4v) is 1.08. The number of nitrogens with one attached hydrogen (secondary N) is 1. The van der Waals surface area contributed by atoms with Gasteiger partial charge in [0.15, 0.2) is 0 Å². The molecule has 3 heteroatoms. The van der Waals surface area contributed by atoms with Crippen molar-refractivity contribution in [1.82, 2.24) is 15.2 Å². The Morgan fingerprint density at radius 3 is 3.00 bits per heavy atom. The Morgan fingerprint density at radius 1 is 1.50 bits per heavy atom. The van der Waals surface area contributed by atoms with Crippen molar-refractivity contribution < 1.29 is 0 Å². The van der Waals surface area contributed by atoms with E-state index in [9.17, 15) is 0 Å². The van der Waals surface area contributed by atoms with Crippen LogP contribution in [0.4, 0.5) is 0 Å². The molecule has 0 unspecified atom stereocenters. The predicted octanol–water partition coefficient (Wildman–Crippen LogP) is 1.58. The number of rotatable bonds is 1. The number of aromatic amines is 1. The molecule has 0 aromatic carbocycles. The molecule has 2 aromatic rings. The smallest absolute Gasteiger partial charge is 0.0987 e. The van der Waals surface area contributed by atoms with Crippen molar-refractivity contribution in [2.24, 2.45) is 0 Å². The predicted molar refractivity (Wildman–Crippen MR) is 45.4 cm³/mol. The number of hydrogen-bond acceptors (Lipinski definition) is 2. The molecular formula is C9H8N3. The first kappa shape index (κ1) is 7.03. The minimum atomic E-state index is 0.920. The summed E-state index contributed by atoms with van der Waals surface area (Å²) in [6.45, 7) is 2.00. The first-order valence-corrected chi connectivity index (χ1v) is 3.71. The van der Waals surface area contributed by atoms with Crippen LogP contribution in [-0.4, -0.2) is 15.2 Å². The number of aryl methyl sites for hydroxylation is 1. The molecule has 2 aromatic heterocycles. The van der Waals surface area contributed by atoms with Gasteiger partial charge in [0.2, 0.25) is 0 Å². The summed E-state index contributed by atoms with van der Waals surface area (Å²) in [5.74, 6) is 0. The highest BCUT2D eigenvalue weighted by atomic mass is 15.1. The molecule has 59 valence electrons. The summed E-state index contributed by atoms with van der Waals surface area (Å²) < 4.78 is 0. The molecule has 1 radical (unpaired) electrons. The van der Waals surface area contributed by atoms with Gasteiger partial charge in [-0.25, -0.2) is 0 Å². The van der Waals surface area contributed by atoms with E-state index in [0.717, 1.165) is 16.8 Å². The van der Waals surface area contributed by atoms with Crippen molar-refractivity contribution in [3.8, 4) is 11.3 Å². The topological polar surface area (TPSA) is 41.6 Å². The normalized spacial score (nSPS) is 10.1. The molecule has 0 aliphatic heterocycles. The molecule has 0 aliphatic rings. The molecule has 0 aliphatic carbocycles. The average molecular weight is 158 g/mol. The second-order valence-electron chi connectivity index (χ2n) is 2.58. The first-order chi connectivity index (χ1) is 5.88. The lowest BCUT2D eigenvalue weighted by Crippen LogP contribution is -1.81. The number of H-pyrrole nitrogens is 1. The fourth-order valence-electron chi connectivity index (χ4n) is 1.08. The minimum Gasteiger partial charge on any atom is -0.285 e. The van der Waals surface area contributed by atoms with E-state index in [2.05, 4.69) is 21.4 Å². The highest BCUT2D eigenvalue weighted by molar-refractivity contribution is 5.60. The lowest BCUT2D eigenvalue weighted by atomic mass is 10.1. The van der Waals surface area contributed by atoms with Crippen LogP contribution in [0.2, 0.25) is 0 Å². The molecule has 0 bridgehead atoms. The molecule has 0 saturated heterocycles. The summed E-state index contributed by atoms with van der Waals surface area (Å²) in [7, 11) is 0. The standard InChI is InChI=1S/C9H8N3/c1-7-5-11-12-9(7)8-3-2-4-10-6-8/h2-5H,1H3,(H,11,12). The van der Waals surface area contributed by atoms with Crippen LogP contribution in [0.1, 0.15) is 5.56 Å². The van der Waals surface area contributed by atoms with E-state index in [1.165, 1.54) is 0 Å². The van der Waals surface area contributed by atoms with Gasteiger partial charge in [-0.15, -0.1) is 0 Å². The van der Waals surface area contributed by atoms with Gasteiger partial charge in [-0.1, -0.05) is 0 Å². The zero-order valence-corrected chi connectivity index (χ0v) is 6.70. The third-order valence-corrected chi connectivity index (χ3v) is 1.69. The van der Waals surface area contributed by atoms with E-state index in [1.54, 1.807) is 6.20 Å². The maximum absolute atomic E-state index is 4.09. The molecule has 0 amide bonds. The summed E-state index contributed by atoms with van der Waals surface area (Å²) in [5.41, 5.74) is 2.96. The number of pyridine rings is 1. The van der Waals surface area contributed by atoms with Crippen molar-refractivity contribution in [2.75, 3.05) is 0 Å². The Kier molecular flexibility index (Phi) is 1.63. The second kappa shape index (κ2) is 2.77. The monoisotopic (exact) mass is 158 g/mol. The van der Waals surface area contributed by atoms with Gasteiger partial charge in [0.1, 0.15) is 0 Å². The van der Waals surface area contributed by atoms with E-state index in [0.29, 0.717) is 0 Å². The average Bonchev–Trinajstić information content (AvgIpc) is 2.53. The van der Waals surface area contributed by atoms with Crippen LogP contribution in [0, 0.1) is 13.1 Å². The quantitative estimate of drug-likeness (QED) is 0.684. The molecule has 0 atom stereocenters. The van der Waals surface area contributed by atoms with E-state index in [4.69, 9.17) is 0 Å². The Hall–Kier alpha value is -1.64. The fraction of sp³-hybridized carbons (Fsp3) is 0.111. The molecular weight excluding hydrogens is 150 g/mol. The van der Waals surface area contributed by atoms with Crippen LogP contribution in [0.3, 0.4) is 0 Å². The van der Waals surface area contributed by atoms with Gasteiger partial charge < -0.3 is 0 Å². The third kappa shape index (κ3) is 1.09. The molecule has 2 heterocycles. The zero-order chi connectivity index (χ0) is 8.39. The van der Waals surface area contributed by atoms with Crippen molar-refractivity contribution in [1.29, 1.82) is 0 Å². The van der Waals surface area contributed by atoms with Gasteiger partial charge in [0, 0.05) is 18.0 Å². The zero-order valence-electron chi connectivity index (χ0n) is 6.70. The van der Waals surface area contributed by atoms with Crippen molar-refractivity contribution in [3.05, 3.63) is 36.3 Å². The number of nitrogens with zero attached hydrogens (tertiary/aromatic N) is 2. The maximum Gasteiger partial charge on any atom is 0.0987 e. The van der Waals surface area contributed by atoms with Gasteiger partial charge in [-0.05, 0) is 24.6 Å². The van der Waals surface area contributed by atoms with Gasteiger partial charge in [-0.3, -0.25) is 10.1 Å². The molecule has 0 fully saturated rings. The Bertz CT molecular complexity index is 364. The van der Waals surface area contributed by atoms with Gasteiger partial charge in [0.05, 0.1) is 11.9 Å². The highest BCUT2D eigenvalue weighted by Crippen LogP contribution is 2.17. The van der Waals surface area contributed by atoms with Crippen LogP contribution in [0.15, 0.2) is 24.5 Å². The van der Waals surface area contributed by atoms with E-state index < -0.39 is 0 Å². The van der Waals surface area contributed by atoms with Crippen LogP contribution < -0.4 is 0 Å². The van der Waals surface area contributed by atoms with E-state index in [-0.39, 0.29) is 0 Å². The molecule has 2 rings (SSSR count).